The summed E-state index contributed by atoms with van der Waals surface area (Å²) >= 11 is 0. The van der Waals surface area contributed by atoms with Gasteiger partial charge in [-0.05, 0) is 37.5 Å². The summed E-state index contributed by atoms with van der Waals surface area (Å²) in [6.45, 7) is 4.87. The van der Waals surface area contributed by atoms with E-state index in [0.717, 1.165) is 17.9 Å². The molecular formula is C14H15NO. The zero-order chi connectivity index (χ0) is 11.2. The van der Waals surface area contributed by atoms with E-state index < -0.39 is 0 Å². The molecule has 1 aliphatic carbocycles. The van der Waals surface area contributed by atoms with Crippen molar-refractivity contribution in [3.63, 3.8) is 0 Å². The Morgan fingerprint density at radius 2 is 2.19 bits per heavy atom. The lowest BCUT2D eigenvalue weighted by Crippen LogP contribution is -2.17. The molecule has 2 aliphatic rings. The van der Waals surface area contributed by atoms with Gasteiger partial charge in [-0.15, -0.1) is 0 Å². The van der Waals surface area contributed by atoms with Gasteiger partial charge in [0.2, 0.25) is 5.90 Å². The highest BCUT2D eigenvalue weighted by Gasteiger charge is 2.28. The first-order valence-corrected chi connectivity index (χ1v) is 5.67. The van der Waals surface area contributed by atoms with Crippen molar-refractivity contribution in [2.75, 3.05) is 6.61 Å². The van der Waals surface area contributed by atoms with Crippen LogP contribution in [0.5, 0.6) is 0 Å². The third-order valence-electron chi connectivity index (χ3n) is 3.02. The maximum atomic E-state index is 5.70. The van der Waals surface area contributed by atoms with E-state index >= 15 is 0 Å². The minimum Gasteiger partial charge on any atom is -0.475 e. The van der Waals surface area contributed by atoms with E-state index in [4.69, 9.17) is 4.74 Å². The Hall–Kier alpha value is -1.57. The third-order valence-corrected chi connectivity index (χ3v) is 3.02. The summed E-state index contributed by atoms with van der Waals surface area (Å²) in [6.07, 6.45) is 5.39. The summed E-state index contributed by atoms with van der Waals surface area (Å²) in [5, 5.41) is 0. The summed E-state index contributed by atoms with van der Waals surface area (Å²) in [6, 6.07) is 6.34. The quantitative estimate of drug-likeness (QED) is 0.703. The van der Waals surface area contributed by atoms with Crippen LogP contribution in [0, 0.1) is 0 Å². The first kappa shape index (κ1) is 9.64. The highest BCUT2D eigenvalue weighted by molar-refractivity contribution is 5.99. The fraction of sp³-hybridized carbons (Fsp3) is 0.357. The molecule has 0 spiro atoms. The fourth-order valence-electron chi connectivity index (χ4n) is 2.20. The number of hydrogen-bond donors (Lipinski definition) is 0. The van der Waals surface area contributed by atoms with E-state index in [0.29, 0.717) is 6.61 Å². The second-order valence-corrected chi connectivity index (χ2v) is 5.00. The van der Waals surface area contributed by atoms with Gasteiger partial charge in [-0.3, -0.25) is 0 Å². The molecule has 0 N–H and O–H groups in total. The molecule has 0 fully saturated rings. The molecular weight excluding hydrogens is 198 g/mol. The maximum Gasteiger partial charge on any atom is 0.217 e. The van der Waals surface area contributed by atoms with Gasteiger partial charge in [0, 0.05) is 5.56 Å². The van der Waals surface area contributed by atoms with Gasteiger partial charge < -0.3 is 4.74 Å². The predicted molar refractivity (Wildman–Crippen MR) is 65.7 cm³/mol. The number of ether oxygens (including phenoxy) is 1. The molecule has 2 nitrogen and oxygen atoms in total. The number of hydrogen-bond acceptors (Lipinski definition) is 2. The minimum absolute atomic E-state index is 0.0830. The Balaban J connectivity index is 2.09. The average molecular weight is 213 g/mol. The van der Waals surface area contributed by atoms with Gasteiger partial charge in [0.1, 0.15) is 6.61 Å². The summed E-state index contributed by atoms with van der Waals surface area (Å²) in [7, 11) is 0. The molecule has 1 aromatic carbocycles. The SMILES string of the molecule is CC1(C)COC(c2cccc3c2C=CC3)=N1. The van der Waals surface area contributed by atoms with E-state index in [1.54, 1.807) is 0 Å². The van der Waals surface area contributed by atoms with Gasteiger partial charge >= 0.3 is 0 Å². The molecule has 1 aliphatic heterocycles. The zero-order valence-corrected chi connectivity index (χ0v) is 9.66. The Kier molecular flexibility index (Phi) is 1.93. The molecule has 3 rings (SSSR count). The molecule has 0 saturated carbocycles. The highest BCUT2D eigenvalue weighted by atomic mass is 16.5. The molecule has 1 heterocycles. The van der Waals surface area contributed by atoms with Crippen molar-refractivity contribution in [3.8, 4) is 0 Å². The molecule has 0 amide bonds. The van der Waals surface area contributed by atoms with Gasteiger partial charge in [0.05, 0.1) is 5.54 Å². The molecule has 16 heavy (non-hydrogen) atoms. The van der Waals surface area contributed by atoms with Crippen molar-refractivity contribution < 1.29 is 4.74 Å². The summed E-state index contributed by atoms with van der Waals surface area (Å²) < 4.78 is 5.70. The molecule has 0 aromatic heterocycles. The topological polar surface area (TPSA) is 21.6 Å². The minimum atomic E-state index is -0.0830. The maximum absolute atomic E-state index is 5.70. The molecule has 82 valence electrons. The van der Waals surface area contributed by atoms with E-state index in [-0.39, 0.29) is 5.54 Å². The normalized spacial score (nSPS) is 20.5. The lowest BCUT2D eigenvalue weighted by atomic mass is 10.0. The van der Waals surface area contributed by atoms with Crippen LogP contribution in [-0.4, -0.2) is 18.0 Å². The predicted octanol–water partition coefficient (Wildman–Crippen LogP) is 2.81. The number of allylic oxidation sites excluding steroid dienone is 1. The lowest BCUT2D eigenvalue weighted by molar-refractivity contribution is 0.279. The second-order valence-electron chi connectivity index (χ2n) is 5.00. The van der Waals surface area contributed by atoms with Crippen molar-refractivity contribution in [1.29, 1.82) is 0 Å². The number of fused-ring (bicyclic) bond motifs is 1. The van der Waals surface area contributed by atoms with Gasteiger partial charge in [0.25, 0.3) is 0 Å². The summed E-state index contributed by atoms with van der Waals surface area (Å²) in [4.78, 5) is 4.63. The second kappa shape index (κ2) is 3.21. The van der Waals surface area contributed by atoms with Gasteiger partial charge in [-0.1, -0.05) is 24.3 Å². The molecule has 0 radical (unpaired) electrons. The van der Waals surface area contributed by atoms with Crippen LogP contribution in [-0.2, 0) is 11.2 Å². The van der Waals surface area contributed by atoms with Gasteiger partial charge in [0.15, 0.2) is 0 Å². The van der Waals surface area contributed by atoms with Crippen LogP contribution in [0.1, 0.15) is 30.5 Å². The molecule has 0 unspecified atom stereocenters. The largest absolute Gasteiger partial charge is 0.475 e. The highest BCUT2D eigenvalue weighted by Crippen LogP contribution is 2.27. The smallest absolute Gasteiger partial charge is 0.217 e. The Labute approximate surface area is 95.7 Å². The molecule has 0 saturated heterocycles. The van der Waals surface area contributed by atoms with Gasteiger partial charge in [-0.2, -0.15) is 0 Å². The Bertz CT molecular complexity index is 497. The number of aliphatic imine (C=N–C) groups is 1. The summed E-state index contributed by atoms with van der Waals surface area (Å²) in [5.74, 6) is 0.799. The summed E-state index contributed by atoms with van der Waals surface area (Å²) in [5.41, 5.74) is 3.70. The van der Waals surface area contributed by atoms with Crippen molar-refractivity contribution >= 4 is 12.0 Å². The van der Waals surface area contributed by atoms with Crippen LogP contribution in [0.2, 0.25) is 0 Å². The van der Waals surface area contributed by atoms with E-state index in [2.05, 4.69) is 49.2 Å². The van der Waals surface area contributed by atoms with Crippen molar-refractivity contribution in [1.82, 2.24) is 0 Å². The van der Waals surface area contributed by atoms with E-state index in [1.165, 1.54) is 11.1 Å². The van der Waals surface area contributed by atoms with Crippen LogP contribution in [0.15, 0.2) is 29.3 Å². The van der Waals surface area contributed by atoms with Crippen LogP contribution in [0.4, 0.5) is 0 Å². The van der Waals surface area contributed by atoms with Crippen LogP contribution in [0.3, 0.4) is 0 Å². The Morgan fingerprint density at radius 3 is 2.94 bits per heavy atom. The van der Waals surface area contributed by atoms with Crippen molar-refractivity contribution in [2.45, 2.75) is 25.8 Å². The zero-order valence-electron chi connectivity index (χ0n) is 9.66. The van der Waals surface area contributed by atoms with Gasteiger partial charge in [-0.25, -0.2) is 4.99 Å². The molecule has 0 atom stereocenters. The number of rotatable bonds is 1. The van der Waals surface area contributed by atoms with Crippen molar-refractivity contribution in [3.05, 3.63) is 41.0 Å². The monoisotopic (exact) mass is 213 g/mol. The van der Waals surface area contributed by atoms with E-state index in [9.17, 15) is 0 Å². The molecule has 2 heteroatoms. The fourth-order valence-corrected chi connectivity index (χ4v) is 2.20. The average Bonchev–Trinajstić information content (AvgIpc) is 2.83. The number of nitrogens with zero attached hydrogens (tertiary/aromatic N) is 1. The first-order chi connectivity index (χ1) is 7.66. The number of benzene rings is 1. The van der Waals surface area contributed by atoms with Crippen LogP contribution < -0.4 is 0 Å². The standard InChI is InChI=1S/C14H15NO/c1-14(2)9-16-13(15-14)12-8-4-6-10-5-3-7-11(10)12/h3-4,6-8H,5,9H2,1-2H3. The molecule has 1 aromatic rings. The Morgan fingerprint density at radius 1 is 1.31 bits per heavy atom. The van der Waals surface area contributed by atoms with Crippen LogP contribution >= 0.6 is 0 Å². The van der Waals surface area contributed by atoms with Crippen LogP contribution in [0.25, 0.3) is 6.08 Å². The third kappa shape index (κ3) is 1.45. The van der Waals surface area contributed by atoms with Crippen molar-refractivity contribution in [2.24, 2.45) is 4.99 Å². The van der Waals surface area contributed by atoms with E-state index in [1.807, 2.05) is 0 Å². The first-order valence-electron chi connectivity index (χ1n) is 5.67. The lowest BCUT2D eigenvalue weighted by Gasteiger charge is -2.07. The molecule has 0 bridgehead atoms.